The van der Waals surface area contributed by atoms with Crippen LogP contribution in [-0.4, -0.2) is 24.5 Å². The van der Waals surface area contributed by atoms with Gasteiger partial charge < -0.3 is 5.32 Å². The van der Waals surface area contributed by atoms with Crippen molar-refractivity contribution in [2.45, 2.75) is 31.9 Å². The molecule has 0 fully saturated rings. The number of nitrogens with zero attached hydrogens (tertiary/aromatic N) is 1. The standard InChI is InChI=1S/C14H16F3N3O/c15-14(16,17)9-18-13(21)20-19-12-8-4-2-6-10-5-1-3-7-11(10)12/h1,3,5,7H,2,4,6,8-9H2,(H2,18,20,21)/b19-12-. The van der Waals surface area contributed by atoms with Crippen molar-refractivity contribution in [3.63, 3.8) is 0 Å². The number of hydrazone groups is 1. The topological polar surface area (TPSA) is 53.5 Å². The van der Waals surface area contributed by atoms with E-state index in [2.05, 4.69) is 10.5 Å². The Morgan fingerprint density at radius 2 is 1.90 bits per heavy atom. The summed E-state index contributed by atoms with van der Waals surface area (Å²) >= 11 is 0. The first kappa shape index (κ1) is 15.3. The Kier molecular flexibility index (Phi) is 4.82. The van der Waals surface area contributed by atoms with Gasteiger partial charge in [0.1, 0.15) is 6.54 Å². The van der Waals surface area contributed by atoms with Crippen LogP contribution in [0.4, 0.5) is 18.0 Å². The average molecular weight is 299 g/mol. The Hall–Kier alpha value is -2.05. The predicted octanol–water partition coefficient (Wildman–Crippen LogP) is 2.98. The molecule has 2 amide bonds. The number of hydrogen-bond acceptors (Lipinski definition) is 2. The molecule has 2 rings (SSSR count). The highest BCUT2D eigenvalue weighted by atomic mass is 19.4. The van der Waals surface area contributed by atoms with E-state index in [4.69, 9.17) is 0 Å². The normalized spacial score (nSPS) is 17.0. The fraction of sp³-hybridized carbons (Fsp3) is 0.429. The van der Waals surface area contributed by atoms with Gasteiger partial charge in [-0.1, -0.05) is 24.3 Å². The highest BCUT2D eigenvalue weighted by Crippen LogP contribution is 2.20. The van der Waals surface area contributed by atoms with Gasteiger partial charge in [-0.2, -0.15) is 18.3 Å². The van der Waals surface area contributed by atoms with Gasteiger partial charge in [-0.05, 0) is 31.2 Å². The van der Waals surface area contributed by atoms with Gasteiger partial charge in [-0.25, -0.2) is 10.2 Å². The number of alkyl halides is 3. The van der Waals surface area contributed by atoms with Crippen molar-refractivity contribution >= 4 is 11.7 Å². The molecule has 0 aromatic heterocycles. The lowest BCUT2D eigenvalue weighted by Crippen LogP contribution is -2.39. The molecule has 0 atom stereocenters. The maximum Gasteiger partial charge on any atom is 0.405 e. The smallest absolute Gasteiger partial charge is 0.328 e. The van der Waals surface area contributed by atoms with Crippen LogP contribution in [0.25, 0.3) is 0 Å². The van der Waals surface area contributed by atoms with Crippen molar-refractivity contribution in [2.75, 3.05) is 6.54 Å². The summed E-state index contributed by atoms with van der Waals surface area (Å²) in [7, 11) is 0. The van der Waals surface area contributed by atoms with Crippen LogP contribution in [0, 0.1) is 0 Å². The number of hydrogen-bond donors (Lipinski definition) is 2. The summed E-state index contributed by atoms with van der Waals surface area (Å²) in [5, 5.41) is 5.69. The molecule has 0 unspecified atom stereocenters. The van der Waals surface area contributed by atoms with E-state index < -0.39 is 18.8 Å². The predicted molar refractivity (Wildman–Crippen MR) is 73.1 cm³/mol. The molecule has 1 aromatic rings. The molecule has 0 saturated heterocycles. The van der Waals surface area contributed by atoms with Gasteiger partial charge in [0, 0.05) is 5.56 Å². The number of benzene rings is 1. The molecule has 7 heteroatoms. The molecule has 0 saturated carbocycles. The van der Waals surface area contributed by atoms with Gasteiger partial charge in [0.2, 0.25) is 0 Å². The zero-order chi connectivity index (χ0) is 15.3. The molecule has 0 radical (unpaired) electrons. The molecular formula is C14H16F3N3O. The maximum atomic E-state index is 12.0. The molecule has 2 N–H and O–H groups in total. The molecule has 1 aliphatic rings. The Bertz CT molecular complexity index is 541. The molecule has 1 aliphatic carbocycles. The fourth-order valence-electron chi connectivity index (χ4n) is 2.22. The first-order chi connectivity index (χ1) is 9.96. The highest BCUT2D eigenvalue weighted by molar-refractivity contribution is 6.02. The molecule has 4 nitrogen and oxygen atoms in total. The number of aryl methyl sites for hydroxylation is 1. The minimum absolute atomic E-state index is 0.691. The number of nitrogens with one attached hydrogen (secondary N) is 2. The number of urea groups is 1. The summed E-state index contributed by atoms with van der Waals surface area (Å²) in [6.45, 7) is -1.37. The Labute approximate surface area is 120 Å². The van der Waals surface area contributed by atoms with Crippen LogP contribution in [0.1, 0.15) is 30.4 Å². The lowest BCUT2D eigenvalue weighted by molar-refractivity contribution is -0.122. The second kappa shape index (κ2) is 6.60. The van der Waals surface area contributed by atoms with Crippen LogP contribution < -0.4 is 10.7 Å². The van der Waals surface area contributed by atoms with E-state index in [0.717, 1.165) is 30.4 Å². The molecule has 0 spiro atoms. The summed E-state index contributed by atoms with van der Waals surface area (Å²) in [5.41, 5.74) is 4.93. The lowest BCUT2D eigenvalue weighted by atomic mass is 10.0. The summed E-state index contributed by atoms with van der Waals surface area (Å²) in [4.78, 5) is 11.3. The number of halogens is 3. The summed E-state index contributed by atoms with van der Waals surface area (Å²) < 4.78 is 36.0. The fourth-order valence-corrected chi connectivity index (χ4v) is 2.22. The first-order valence-electron chi connectivity index (χ1n) is 6.71. The summed E-state index contributed by atoms with van der Waals surface area (Å²) in [6.07, 6.45) is -0.846. The minimum atomic E-state index is -4.43. The number of rotatable bonds is 2. The maximum absolute atomic E-state index is 12.0. The molecule has 0 heterocycles. The van der Waals surface area contributed by atoms with Crippen LogP contribution in [0.2, 0.25) is 0 Å². The summed E-state index contributed by atoms with van der Waals surface area (Å²) in [6, 6.07) is 6.77. The third kappa shape index (κ3) is 4.77. The lowest BCUT2D eigenvalue weighted by Gasteiger charge is -2.10. The molecule has 0 aliphatic heterocycles. The van der Waals surface area contributed by atoms with Gasteiger partial charge in [-0.3, -0.25) is 0 Å². The van der Waals surface area contributed by atoms with Crippen molar-refractivity contribution in [3.8, 4) is 0 Å². The number of amides is 2. The van der Waals surface area contributed by atoms with E-state index in [1.54, 1.807) is 5.32 Å². The van der Waals surface area contributed by atoms with Gasteiger partial charge in [0.05, 0.1) is 5.71 Å². The van der Waals surface area contributed by atoms with Gasteiger partial charge in [-0.15, -0.1) is 0 Å². The van der Waals surface area contributed by atoms with Crippen molar-refractivity contribution in [1.29, 1.82) is 0 Å². The quantitative estimate of drug-likeness (QED) is 0.640. The third-order valence-electron chi connectivity index (χ3n) is 3.18. The van der Waals surface area contributed by atoms with Gasteiger partial charge >= 0.3 is 12.2 Å². The number of carbonyl (C=O) groups excluding carboxylic acids is 1. The Balaban J connectivity index is 2.02. The largest absolute Gasteiger partial charge is 0.405 e. The van der Waals surface area contributed by atoms with E-state index in [9.17, 15) is 18.0 Å². The van der Waals surface area contributed by atoms with Gasteiger partial charge in [0.25, 0.3) is 0 Å². The molecule has 114 valence electrons. The second-order valence-corrected chi connectivity index (χ2v) is 4.83. The zero-order valence-corrected chi connectivity index (χ0v) is 11.3. The van der Waals surface area contributed by atoms with E-state index in [-0.39, 0.29) is 0 Å². The van der Waals surface area contributed by atoms with E-state index in [1.165, 1.54) is 0 Å². The monoisotopic (exact) mass is 299 g/mol. The SMILES string of the molecule is O=C(NCC(F)(F)F)N/N=C1/CCCCc2ccccc21. The first-order valence-corrected chi connectivity index (χ1v) is 6.71. The van der Waals surface area contributed by atoms with Crippen LogP contribution in [-0.2, 0) is 6.42 Å². The Morgan fingerprint density at radius 1 is 1.19 bits per heavy atom. The van der Waals surface area contributed by atoms with Crippen molar-refractivity contribution < 1.29 is 18.0 Å². The van der Waals surface area contributed by atoms with E-state index in [1.807, 2.05) is 24.3 Å². The number of carbonyl (C=O) groups is 1. The molecule has 1 aromatic carbocycles. The van der Waals surface area contributed by atoms with Crippen molar-refractivity contribution in [3.05, 3.63) is 35.4 Å². The van der Waals surface area contributed by atoms with Crippen molar-refractivity contribution in [2.24, 2.45) is 5.10 Å². The highest BCUT2D eigenvalue weighted by Gasteiger charge is 2.27. The molecule has 0 bridgehead atoms. The van der Waals surface area contributed by atoms with E-state index >= 15 is 0 Å². The van der Waals surface area contributed by atoms with Crippen LogP contribution in [0.15, 0.2) is 29.4 Å². The summed E-state index contributed by atoms with van der Waals surface area (Å²) in [5.74, 6) is 0. The van der Waals surface area contributed by atoms with Gasteiger partial charge in [0.15, 0.2) is 0 Å². The molecule has 21 heavy (non-hydrogen) atoms. The van der Waals surface area contributed by atoms with E-state index in [0.29, 0.717) is 12.1 Å². The van der Waals surface area contributed by atoms with Crippen LogP contribution in [0.3, 0.4) is 0 Å². The Morgan fingerprint density at radius 3 is 2.67 bits per heavy atom. The number of fused-ring (bicyclic) bond motifs is 1. The van der Waals surface area contributed by atoms with Crippen molar-refractivity contribution in [1.82, 2.24) is 10.7 Å². The second-order valence-electron chi connectivity index (χ2n) is 4.83. The third-order valence-corrected chi connectivity index (χ3v) is 3.18. The minimum Gasteiger partial charge on any atom is -0.328 e. The van der Waals surface area contributed by atoms with Crippen LogP contribution in [0.5, 0.6) is 0 Å². The van der Waals surface area contributed by atoms with Crippen LogP contribution >= 0.6 is 0 Å². The average Bonchev–Trinajstić information content (AvgIpc) is 2.64. The zero-order valence-electron chi connectivity index (χ0n) is 11.3. The molecular weight excluding hydrogens is 283 g/mol.